The highest BCUT2D eigenvalue weighted by Gasteiger charge is 2.72. The molecule has 4 aliphatic rings. The van der Waals surface area contributed by atoms with Crippen LogP contribution in [0.1, 0.15) is 44.2 Å². The van der Waals surface area contributed by atoms with Crippen LogP contribution in [-0.4, -0.2) is 51.4 Å². The molecule has 2 N–H and O–H groups in total. The zero-order valence-corrected chi connectivity index (χ0v) is 22.7. The van der Waals surface area contributed by atoms with Gasteiger partial charge in [0, 0.05) is 30.7 Å². The van der Waals surface area contributed by atoms with Crippen LogP contribution in [-0.2, 0) is 25.7 Å². The number of benzene rings is 1. The van der Waals surface area contributed by atoms with Gasteiger partial charge in [-0.3, -0.25) is 19.4 Å². The Kier molecular flexibility index (Phi) is 6.53. The van der Waals surface area contributed by atoms with Gasteiger partial charge in [-0.1, -0.05) is 57.0 Å². The Balaban J connectivity index is 1.33. The number of hydrogen-bond donors (Lipinski definition) is 2. The number of carbonyl (C=O) groups is 3. The Morgan fingerprint density at radius 3 is 2.77 bits per heavy atom. The lowest BCUT2D eigenvalue weighted by Crippen LogP contribution is -2.57. The zero-order valence-electron chi connectivity index (χ0n) is 22.7. The third kappa shape index (κ3) is 4.35. The van der Waals surface area contributed by atoms with Crippen LogP contribution in [0.4, 0.5) is 5.69 Å². The van der Waals surface area contributed by atoms with Crippen molar-refractivity contribution in [2.75, 3.05) is 5.32 Å². The molecule has 2 saturated heterocycles. The summed E-state index contributed by atoms with van der Waals surface area (Å²) in [6.07, 6.45) is 9.66. The maximum Gasteiger partial charge on any atom is 0.246 e. The van der Waals surface area contributed by atoms with Gasteiger partial charge in [-0.25, -0.2) is 0 Å². The maximum absolute atomic E-state index is 14.2. The van der Waals surface area contributed by atoms with Crippen LogP contribution in [0.3, 0.4) is 0 Å². The number of pyridine rings is 1. The van der Waals surface area contributed by atoms with E-state index in [9.17, 15) is 14.4 Å². The summed E-state index contributed by atoms with van der Waals surface area (Å²) in [4.78, 5) is 47.7. The van der Waals surface area contributed by atoms with Gasteiger partial charge in [0.2, 0.25) is 17.7 Å². The van der Waals surface area contributed by atoms with E-state index in [-0.39, 0.29) is 30.3 Å². The zero-order chi connectivity index (χ0) is 27.3. The molecule has 0 radical (unpaired) electrons. The second-order valence-electron chi connectivity index (χ2n) is 11.8. The average molecular weight is 529 g/mol. The smallest absolute Gasteiger partial charge is 0.246 e. The number of aromatic nitrogens is 1. The van der Waals surface area contributed by atoms with Crippen LogP contribution in [0, 0.1) is 30.6 Å². The van der Waals surface area contributed by atoms with Crippen molar-refractivity contribution < 1.29 is 19.1 Å². The van der Waals surface area contributed by atoms with Crippen molar-refractivity contribution in [1.29, 1.82) is 0 Å². The molecule has 1 spiro atoms. The summed E-state index contributed by atoms with van der Waals surface area (Å²) in [5.41, 5.74) is 1.33. The molecule has 8 nitrogen and oxygen atoms in total. The second-order valence-corrected chi connectivity index (χ2v) is 11.8. The summed E-state index contributed by atoms with van der Waals surface area (Å²) >= 11 is 0. The van der Waals surface area contributed by atoms with Gasteiger partial charge in [0.25, 0.3) is 0 Å². The van der Waals surface area contributed by atoms with Gasteiger partial charge in [0.1, 0.15) is 11.6 Å². The first-order valence-electron chi connectivity index (χ1n) is 14.0. The van der Waals surface area contributed by atoms with E-state index in [0.717, 1.165) is 30.4 Å². The molecule has 39 heavy (non-hydrogen) atoms. The first-order chi connectivity index (χ1) is 18.8. The molecule has 1 aromatic heterocycles. The Bertz CT molecular complexity index is 1310. The van der Waals surface area contributed by atoms with Crippen molar-refractivity contribution in [3.8, 4) is 0 Å². The normalized spacial score (nSPS) is 34.7. The number of amides is 3. The number of carbonyl (C=O) groups excluding carboxylic acids is 3. The van der Waals surface area contributed by atoms with Crippen LogP contribution in [0.2, 0.25) is 0 Å². The monoisotopic (exact) mass is 528 g/mol. The molecule has 1 aromatic carbocycles. The Morgan fingerprint density at radius 1 is 1.15 bits per heavy atom. The Morgan fingerprint density at radius 2 is 2.00 bits per heavy atom. The van der Waals surface area contributed by atoms with E-state index in [4.69, 9.17) is 4.74 Å². The fourth-order valence-electron chi connectivity index (χ4n) is 7.12. The van der Waals surface area contributed by atoms with Crippen LogP contribution < -0.4 is 10.6 Å². The van der Waals surface area contributed by atoms with Gasteiger partial charge in [0.15, 0.2) is 0 Å². The molecule has 1 aliphatic carbocycles. The number of rotatable bonds is 6. The molecule has 204 valence electrons. The van der Waals surface area contributed by atoms with Crippen molar-refractivity contribution in [2.24, 2.45) is 23.7 Å². The fraction of sp³-hybridized carbons (Fsp3) is 0.484. The summed E-state index contributed by atoms with van der Waals surface area (Å²) in [5.74, 6) is -1.39. The number of aryl methyl sites for hydroxylation is 1. The molecule has 8 heteroatoms. The van der Waals surface area contributed by atoms with E-state index in [1.165, 1.54) is 0 Å². The second kappa shape index (κ2) is 9.90. The van der Waals surface area contributed by atoms with Gasteiger partial charge in [-0.05, 0) is 54.5 Å². The summed E-state index contributed by atoms with van der Waals surface area (Å²) in [6, 6.07) is 10.4. The van der Waals surface area contributed by atoms with Crippen LogP contribution >= 0.6 is 0 Å². The summed E-state index contributed by atoms with van der Waals surface area (Å²) in [5, 5.41) is 6.29. The van der Waals surface area contributed by atoms with Crippen molar-refractivity contribution in [1.82, 2.24) is 15.2 Å². The van der Waals surface area contributed by atoms with Crippen molar-refractivity contribution in [3.05, 3.63) is 72.1 Å². The number of fused-ring (bicyclic) bond motifs is 1. The van der Waals surface area contributed by atoms with Crippen LogP contribution in [0.5, 0.6) is 0 Å². The third-order valence-electron chi connectivity index (χ3n) is 9.32. The molecule has 3 fully saturated rings. The predicted molar refractivity (Wildman–Crippen MR) is 146 cm³/mol. The molecular weight excluding hydrogens is 492 g/mol. The molecule has 1 saturated carbocycles. The summed E-state index contributed by atoms with van der Waals surface area (Å²) in [6.45, 7) is 6.59. The SMILES string of the molecule is Cc1cccc(NC(=O)[C@H]2[C@H]3C=C[C@@]4(O3)[C@H]2C(=O)N(Cc2cccnc2)[C@@H]4C(=O)N[C@@H]2CCC[C@@H](C)[C@H]2C)c1. The molecule has 6 rings (SSSR count). The average Bonchev–Trinajstić information content (AvgIpc) is 3.55. The molecule has 2 bridgehead atoms. The number of hydrogen-bond acceptors (Lipinski definition) is 5. The molecule has 0 unspecified atom stereocenters. The quantitative estimate of drug-likeness (QED) is 0.558. The van der Waals surface area contributed by atoms with Gasteiger partial charge in [0.05, 0.1) is 17.9 Å². The minimum absolute atomic E-state index is 0.0371. The Hall–Kier alpha value is -3.52. The van der Waals surface area contributed by atoms with Crippen LogP contribution in [0.25, 0.3) is 0 Å². The third-order valence-corrected chi connectivity index (χ3v) is 9.32. The highest BCUT2D eigenvalue weighted by atomic mass is 16.5. The largest absolute Gasteiger partial charge is 0.359 e. The van der Waals surface area contributed by atoms with E-state index >= 15 is 0 Å². The highest BCUT2D eigenvalue weighted by Crippen LogP contribution is 2.55. The standard InChI is InChI=1S/C31H36N4O4/c1-18-7-4-10-22(15-18)33-28(36)25-24-12-13-31(39-24)26(25)30(38)35(17-21-9-6-14-32-16-21)27(31)29(37)34-23-11-5-8-19(2)20(23)3/h4,6-7,9-10,12-16,19-20,23-27H,5,8,11,17H2,1-3H3,(H,33,36)(H,34,37)/t19-,20-,23-,24-,25+,26-,27-,31-/m1/s1. The maximum atomic E-state index is 14.2. The number of nitrogens with zero attached hydrogens (tertiary/aromatic N) is 2. The number of nitrogens with one attached hydrogen (secondary N) is 2. The summed E-state index contributed by atoms with van der Waals surface area (Å²) in [7, 11) is 0. The molecule has 2 aromatic rings. The minimum Gasteiger partial charge on any atom is -0.359 e. The number of anilines is 1. The van der Waals surface area contributed by atoms with Gasteiger partial charge in [-0.2, -0.15) is 0 Å². The molecule has 4 heterocycles. The first kappa shape index (κ1) is 25.7. The minimum atomic E-state index is -1.19. The molecular formula is C31H36N4O4. The highest BCUT2D eigenvalue weighted by molar-refractivity contribution is 6.02. The topological polar surface area (TPSA) is 101 Å². The lowest BCUT2D eigenvalue weighted by atomic mass is 9.73. The van der Waals surface area contributed by atoms with Crippen molar-refractivity contribution in [3.63, 3.8) is 0 Å². The van der Waals surface area contributed by atoms with E-state index < -0.39 is 29.6 Å². The Labute approximate surface area is 229 Å². The lowest BCUT2D eigenvalue weighted by Gasteiger charge is -2.38. The summed E-state index contributed by atoms with van der Waals surface area (Å²) < 4.78 is 6.48. The van der Waals surface area contributed by atoms with Crippen molar-refractivity contribution >= 4 is 23.4 Å². The van der Waals surface area contributed by atoms with Gasteiger partial charge < -0.3 is 20.3 Å². The van der Waals surface area contributed by atoms with E-state index in [0.29, 0.717) is 17.5 Å². The van der Waals surface area contributed by atoms with E-state index in [1.807, 2.05) is 55.5 Å². The number of likely N-dealkylation sites (tertiary alicyclic amines) is 1. The molecule has 8 atom stereocenters. The first-order valence-corrected chi connectivity index (χ1v) is 14.0. The van der Waals surface area contributed by atoms with Crippen molar-refractivity contribution in [2.45, 2.75) is 70.4 Å². The van der Waals surface area contributed by atoms with Gasteiger partial charge in [-0.15, -0.1) is 0 Å². The van der Waals surface area contributed by atoms with Gasteiger partial charge >= 0.3 is 0 Å². The van der Waals surface area contributed by atoms with E-state index in [1.54, 1.807) is 17.3 Å². The predicted octanol–water partition coefficient (Wildman–Crippen LogP) is 3.62. The lowest BCUT2D eigenvalue weighted by molar-refractivity contribution is -0.142. The fourth-order valence-corrected chi connectivity index (χ4v) is 7.12. The van der Waals surface area contributed by atoms with E-state index in [2.05, 4.69) is 29.5 Å². The van der Waals surface area contributed by atoms with Crippen LogP contribution in [0.15, 0.2) is 60.9 Å². The molecule has 3 amide bonds. The molecule has 3 aliphatic heterocycles. The number of ether oxygens (including phenoxy) is 1.